The van der Waals surface area contributed by atoms with Gasteiger partial charge in [0.25, 0.3) is 0 Å². The van der Waals surface area contributed by atoms with E-state index in [0.29, 0.717) is 11.8 Å². The summed E-state index contributed by atoms with van der Waals surface area (Å²) >= 11 is 0. The Balaban J connectivity index is 1.90. The number of allylic oxidation sites excluding steroid dienone is 2. The van der Waals surface area contributed by atoms with Gasteiger partial charge in [0.15, 0.2) is 0 Å². The summed E-state index contributed by atoms with van der Waals surface area (Å²) in [5, 5.41) is 5.38. The molecule has 4 aromatic carbocycles. The zero-order chi connectivity index (χ0) is 20.8. The summed E-state index contributed by atoms with van der Waals surface area (Å²) in [6, 6.07) is 31.1. The topological polar surface area (TPSA) is 0 Å². The Hall–Kier alpha value is -3.12. The quantitative estimate of drug-likeness (QED) is 0.250. The molecule has 0 heterocycles. The third kappa shape index (κ3) is 4.09. The minimum Gasteiger partial charge on any atom is -0.103 e. The zero-order valence-electron chi connectivity index (χ0n) is 17.6. The molecule has 0 unspecified atom stereocenters. The minimum absolute atomic E-state index is 0.430. The fraction of sp³-hybridized carbons (Fsp3) is 0.200. The molecule has 0 aliphatic heterocycles. The highest BCUT2D eigenvalue weighted by molar-refractivity contribution is 5.88. The average molecular weight is 391 g/mol. The summed E-state index contributed by atoms with van der Waals surface area (Å²) in [4.78, 5) is 0. The molecule has 0 bridgehead atoms. The summed E-state index contributed by atoms with van der Waals surface area (Å²) in [5.41, 5.74) is 2.91. The highest BCUT2D eigenvalue weighted by Crippen LogP contribution is 2.44. The van der Waals surface area contributed by atoms with Gasteiger partial charge in [-0.15, -0.1) is 13.2 Å². The van der Waals surface area contributed by atoms with Gasteiger partial charge in [-0.3, -0.25) is 0 Å². The molecule has 0 saturated carbocycles. The smallest absolute Gasteiger partial charge is 0.00837 e. The minimum atomic E-state index is 0.430. The van der Waals surface area contributed by atoms with Gasteiger partial charge in [-0.1, -0.05) is 97.1 Å². The molecule has 0 saturated heterocycles. The van der Waals surface area contributed by atoms with Crippen LogP contribution >= 0.6 is 0 Å². The van der Waals surface area contributed by atoms with E-state index in [1.165, 1.54) is 32.7 Å². The Kier molecular flexibility index (Phi) is 6.44. The van der Waals surface area contributed by atoms with Gasteiger partial charge in [0.1, 0.15) is 0 Å². The van der Waals surface area contributed by atoms with Crippen LogP contribution in [0.25, 0.3) is 21.5 Å². The molecule has 0 N–H and O–H groups in total. The van der Waals surface area contributed by atoms with Crippen LogP contribution in [0.1, 0.15) is 48.6 Å². The number of hydrogen-bond acceptors (Lipinski definition) is 0. The molecule has 0 heteroatoms. The molecule has 150 valence electrons. The summed E-state index contributed by atoms with van der Waals surface area (Å²) in [7, 11) is 0. The molecular formula is C30H30. The Labute approximate surface area is 180 Å². The summed E-state index contributed by atoms with van der Waals surface area (Å²) < 4.78 is 0. The monoisotopic (exact) mass is 390 g/mol. The van der Waals surface area contributed by atoms with Gasteiger partial charge in [0.2, 0.25) is 0 Å². The molecule has 2 atom stereocenters. The molecule has 0 aliphatic carbocycles. The third-order valence-corrected chi connectivity index (χ3v) is 6.29. The zero-order valence-corrected chi connectivity index (χ0v) is 17.6. The maximum atomic E-state index is 4.02. The van der Waals surface area contributed by atoms with Gasteiger partial charge in [0.05, 0.1) is 0 Å². The molecule has 4 aromatic rings. The lowest BCUT2D eigenvalue weighted by atomic mass is 9.74. The molecular weight excluding hydrogens is 360 g/mol. The van der Waals surface area contributed by atoms with E-state index in [-0.39, 0.29) is 0 Å². The van der Waals surface area contributed by atoms with E-state index < -0.39 is 0 Å². The van der Waals surface area contributed by atoms with E-state index in [0.717, 1.165) is 25.7 Å². The molecule has 0 fully saturated rings. The van der Waals surface area contributed by atoms with Crippen molar-refractivity contribution in [3.05, 3.63) is 121 Å². The van der Waals surface area contributed by atoms with Gasteiger partial charge in [-0.2, -0.15) is 0 Å². The highest BCUT2D eigenvalue weighted by Gasteiger charge is 2.26. The number of hydrogen-bond donors (Lipinski definition) is 0. The van der Waals surface area contributed by atoms with Crippen molar-refractivity contribution >= 4 is 21.5 Å². The van der Waals surface area contributed by atoms with E-state index in [2.05, 4.69) is 110 Å². The fourth-order valence-electron chi connectivity index (χ4n) is 4.89. The van der Waals surface area contributed by atoms with Crippen molar-refractivity contribution < 1.29 is 0 Å². The Morgan fingerprint density at radius 3 is 1.37 bits per heavy atom. The average Bonchev–Trinajstić information content (AvgIpc) is 2.81. The Morgan fingerprint density at radius 1 is 0.533 bits per heavy atom. The van der Waals surface area contributed by atoms with Crippen LogP contribution in [0.3, 0.4) is 0 Å². The lowest BCUT2D eigenvalue weighted by Crippen LogP contribution is -2.13. The lowest BCUT2D eigenvalue weighted by molar-refractivity contribution is 0.488. The van der Waals surface area contributed by atoms with Gasteiger partial charge >= 0.3 is 0 Å². The highest BCUT2D eigenvalue weighted by atomic mass is 14.3. The van der Waals surface area contributed by atoms with E-state index in [1.54, 1.807) is 0 Å². The van der Waals surface area contributed by atoms with Crippen molar-refractivity contribution in [1.29, 1.82) is 0 Å². The maximum Gasteiger partial charge on any atom is -0.00837 e. The molecule has 0 spiro atoms. The van der Waals surface area contributed by atoms with Crippen LogP contribution in [-0.2, 0) is 0 Å². The Morgan fingerprint density at radius 2 is 0.933 bits per heavy atom. The second-order valence-corrected chi connectivity index (χ2v) is 8.08. The van der Waals surface area contributed by atoms with Crippen molar-refractivity contribution in [3.63, 3.8) is 0 Å². The predicted molar refractivity (Wildman–Crippen MR) is 132 cm³/mol. The van der Waals surface area contributed by atoms with Crippen LogP contribution in [0.5, 0.6) is 0 Å². The maximum absolute atomic E-state index is 4.02. The van der Waals surface area contributed by atoms with E-state index in [4.69, 9.17) is 0 Å². The molecule has 0 radical (unpaired) electrons. The summed E-state index contributed by atoms with van der Waals surface area (Å²) in [6.45, 7) is 8.03. The molecule has 30 heavy (non-hydrogen) atoms. The first-order valence-corrected chi connectivity index (χ1v) is 11.0. The molecule has 0 amide bonds. The molecule has 0 aromatic heterocycles. The summed E-state index contributed by atoms with van der Waals surface area (Å²) in [5.74, 6) is 0.861. The van der Waals surface area contributed by atoms with Crippen LogP contribution in [0.4, 0.5) is 0 Å². The number of rotatable bonds is 9. The summed E-state index contributed by atoms with van der Waals surface area (Å²) in [6.07, 6.45) is 8.36. The van der Waals surface area contributed by atoms with Gasteiger partial charge < -0.3 is 0 Å². The normalized spacial score (nSPS) is 13.2. The fourth-order valence-corrected chi connectivity index (χ4v) is 4.89. The molecule has 0 nitrogen and oxygen atoms in total. The predicted octanol–water partition coefficient (Wildman–Crippen LogP) is 8.79. The van der Waals surface area contributed by atoms with Crippen molar-refractivity contribution in [2.24, 2.45) is 0 Å². The van der Waals surface area contributed by atoms with Crippen LogP contribution in [0.15, 0.2) is 110 Å². The van der Waals surface area contributed by atoms with Crippen molar-refractivity contribution in [2.75, 3.05) is 0 Å². The van der Waals surface area contributed by atoms with Crippen LogP contribution in [0, 0.1) is 0 Å². The van der Waals surface area contributed by atoms with E-state index in [9.17, 15) is 0 Å². The Bertz CT molecular complexity index is 1050. The molecule has 4 rings (SSSR count). The first kappa shape index (κ1) is 20.2. The first-order valence-electron chi connectivity index (χ1n) is 11.0. The van der Waals surface area contributed by atoms with E-state index >= 15 is 0 Å². The van der Waals surface area contributed by atoms with Crippen molar-refractivity contribution in [3.8, 4) is 0 Å². The number of fused-ring (bicyclic) bond motifs is 2. The van der Waals surface area contributed by atoms with Crippen molar-refractivity contribution in [2.45, 2.75) is 37.5 Å². The third-order valence-electron chi connectivity index (χ3n) is 6.29. The van der Waals surface area contributed by atoms with Gasteiger partial charge in [0, 0.05) is 0 Å². The van der Waals surface area contributed by atoms with Gasteiger partial charge in [-0.05, 0) is 70.2 Å². The second kappa shape index (κ2) is 9.59. The SMILES string of the molecule is C=CCC[C@H](c1cccc2ccccc12)[C@H](CCC=C)c1cccc2ccccc12. The van der Waals surface area contributed by atoms with E-state index in [1.807, 2.05) is 0 Å². The second-order valence-electron chi connectivity index (χ2n) is 8.08. The number of benzene rings is 4. The standard InChI is InChI=1S/C30H30/c1-3-5-17-29(27-21-11-15-23-13-7-9-19-25(23)27)30(18-6-4-2)28-22-12-16-24-14-8-10-20-26(24)28/h3-4,7-16,19-22,29-30H,1-2,5-6,17-18H2/t29-,30-/m1/s1. The largest absolute Gasteiger partial charge is 0.103 e. The van der Waals surface area contributed by atoms with Crippen LogP contribution < -0.4 is 0 Å². The molecule has 0 aliphatic rings. The van der Waals surface area contributed by atoms with Gasteiger partial charge in [-0.25, -0.2) is 0 Å². The first-order chi connectivity index (χ1) is 14.8. The van der Waals surface area contributed by atoms with Crippen LogP contribution in [0.2, 0.25) is 0 Å². The van der Waals surface area contributed by atoms with Crippen LogP contribution in [-0.4, -0.2) is 0 Å². The lowest BCUT2D eigenvalue weighted by Gasteiger charge is -2.30. The van der Waals surface area contributed by atoms with Crippen molar-refractivity contribution in [1.82, 2.24) is 0 Å².